The summed E-state index contributed by atoms with van der Waals surface area (Å²) in [6.07, 6.45) is 6.11. The van der Waals surface area contributed by atoms with Crippen LogP contribution in [0.15, 0.2) is 0 Å². The van der Waals surface area contributed by atoms with Crippen LogP contribution in [0.4, 0.5) is 0 Å². The lowest BCUT2D eigenvalue weighted by molar-refractivity contribution is 0.199. The lowest BCUT2D eigenvalue weighted by Crippen LogP contribution is -2.36. The minimum atomic E-state index is 0.614. The molecule has 0 aliphatic heterocycles. The highest BCUT2D eigenvalue weighted by atomic mass is 15.1. The first kappa shape index (κ1) is 14.3. The van der Waals surface area contributed by atoms with Gasteiger partial charge in [0.1, 0.15) is 0 Å². The van der Waals surface area contributed by atoms with E-state index >= 15 is 0 Å². The van der Waals surface area contributed by atoms with Crippen molar-refractivity contribution in [2.75, 3.05) is 26.7 Å². The summed E-state index contributed by atoms with van der Waals surface area (Å²) in [6, 6.07) is 0.614. The maximum absolute atomic E-state index is 3.54. The summed E-state index contributed by atoms with van der Waals surface area (Å²) in [5.41, 5.74) is 0. The zero-order valence-corrected chi connectivity index (χ0v) is 12.8. The second-order valence-electron chi connectivity index (χ2n) is 7.32. The highest BCUT2D eigenvalue weighted by Crippen LogP contribution is 2.48. The van der Waals surface area contributed by atoms with Crippen molar-refractivity contribution in [3.05, 3.63) is 0 Å². The summed E-state index contributed by atoms with van der Waals surface area (Å²) in [7, 11) is 2.32. The molecule has 2 bridgehead atoms. The minimum absolute atomic E-state index is 0.614. The van der Waals surface area contributed by atoms with Gasteiger partial charge in [-0.1, -0.05) is 27.2 Å². The third-order valence-corrected chi connectivity index (χ3v) is 4.93. The monoisotopic (exact) mass is 252 g/mol. The Labute approximate surface area is 114 Å². The fourth-order valence-electron chi connectivity index (χ4n) is 4.11. The van der Waals surface area contributed by atoms with Crippen LogP contribution in [-0.4, -0.2) is 37.6 Å². The molecule has 0 aromatic carbocycles. The lowest BCUT2D eigenvalue weighted by atomic mass is 9.88. The molecule has 2 aliphatic rings. The van der Waals surface area contributed by atoms with Crippen LogP contribution < -0.4 is 5.32 Å². The number of hydrogen-bond donors (Lipinski definition) is 1. The average Bonchev–Trinajstić information content (AvgIpc) is 2.87. The molecule has 2 saturated carbocycles. The normalized spacial score (nSPS) is 32.7. The second-order valence-corrected chi connectivity index (χ2v) is 7.32. The molecule has 0 aromatic rings. The fraction of sp³-hybridized carbons (Fsp3) is 1.00. The molecule has 2 fully saturated rings. The van der Waals surface area contributed by atoms with Crippen molar-refractivity contribution in [1.29, 1.82) is 0 Å². The Morgan fingerprint density at radius 1 is 1.17 bits per heavy atom. The Morgan fingerprint density at radius 2 is 1.94 bits per heavy atom. The van der Waals surface area contributed by atoms with Gasteiger partial charge in [0.25, 0.3) is 0 Å². The van der Waals surface area contributed by atoms with Gasteiger partial charge in [-0.2, -0.15) is 0 Å². The van der Waals surface area contributed by atoms with Crippen LogP contribution in [0.25, 0.3) is 0 Å². The first-order chi connectivity index (χ1) is 8.54. The van der Waals surface area contributed by atoms with Gasteiger partial charge in [0.05, 0.1) is 0 Å². The predicted octanol–water partition coefficient (Wildman–Crippen LogP) is 2.99. The van der Waals surface area contributed by atoms with Crippen LogP contribution in [0, 0.1) is 23.7 Å². The third-order valence-electron chi connectivity index (χ3n) is 4.93. The van der Waals surface area contributed by atoms with Crippen molar-refractivity contribution in [3.63, 3.8) is 0 Å². The van der Waals surface area contributed by atoms with E-state index in [1.165, 1.54) is 32.4 Å². The zero-order chi connectivity index (χ0) is 13.1. The molecule has 2 nitrogen and oxygen atoms in total. The SMILES string of the molecule is CC(CNC(C)C)CN(C)CC1CC2CCC1C2. The summed E-state index contributed by atoms with van der Waals surface area (Å²) >= 11 is 0. The Bertz CT molecular complexity index is 251. The van der Waals surface area contributed by atoms with Gasteiger partial charge in [0, 0.05) is 19.1 Å². The summed E-state index contributed by atoms with van der Waals surface area (Å²) in [5, 5.41) is 3.54. The van der Waals surface area contributed by atoms with Gasteiger partial charge in [0.2, 0.25) is 0 Å². The van der Waals surface area contributed by atoms with E-state index in [0.717, 1.165) is 30.2 Å². The molecule has 1 N–H and O–H groups in total. The first-order valence-electron chi connectivity index (χ1n) is 7.96. The van der Waals surface area contributed by atoms with Gasteiger partial charge < -0.3 is 10.2 Å². The maximum atomic E-state index is 3.54. The van der Waals surface area contributed by atoms with E-state index in [9.17, 15) is 0 Å². The van der Waals surface area contributed by atoms with Crippen LogP contribution in [0.2, 0.25) is 0 Å². The highest BCUT2D eigenvalue weighted by molar-refractivity contribution is 4.91. The molecule has 2 aliphatic carbocycles. The summed E-state index contributed by atoms with van der Waals surface area (Å²) in [6.45, 7) is 10.6. The fourth-order valence-corrected chi connectivity index (χ4v) is 4.11. The van der Waals surface area contributed by atoms with Crippen LogP contribution >= 0.6 is 0 Å². The predicted molar refractivity (Wildman–Crippen MR) is 78.7 cm³/mol. The van der Waals surface area contributed by atoms with Gasteiger partial charge in [-0.3, -0.25) is 0 Å². The molecule has 0 heterocycles. The van der Waals surface area contributed by atoms with Crippen LogP contribution in [0.3, 0.4) is 0 Å². The number of fused-ring (bicyclic) bond motifs is 2. The Morgan fingerprint density at radius 3 is 2.50 bits per heavy atom. The number of nitrogens with one attached hydrogen (secondary N) is 1. The van der Waals surface area contributed by atoms with Crippen molar-refractivity contribution in [2.24, 2.45) is 23.7 Å². The van der Waals surface area contributed by atoms with Gasteiger partial charge in [-0.15, -0.1) is 0 Å². The molecule has 106 valence electrons. The zero-order valence-electron chi connectivity index (χ0n) is 12.8. The van der Waals surface area contributed by atoms with E-state index in [2.05, 4.69) is 38.0 Å². The molecular formula is C16H32N2. The topological polar surface area (TPSA) is 15.3 Å². The summed E-state index contributed by atoms with van der Waals surface area (Å²) < 4.78 is 0. The van der Waals surface area contributed by atoms with Crippen molar-refractivity contribution in [3.8, 4) is 0 Å². The van der Waals surface area contributed by atoms with Crippen LogP contribution in [0.1, 0.15) is 46.5 Å². The number of nitrogens with zero attached hydrogens (tertiary/aromatic N) is 1. The smallest absolute Gasteiger partial charge is 0.00162 e. The molecular weight excluding hydrogens is 220 g/mol. The van der Waals surface area contributed by atoms with E-state index < -0.39 is 0 Å². The summed E-state index contributed by atoms with van der Waals surface area (Å²) in [5.74, 6) is 3.94. The van der Waals surface area contributed by atoms with Gasteiger partial charge in [-0.05, 0) is 56.5 Å². The summed E-state index contributed by atoms with van der Waals surface area (Å²) in [4.78, 5) is 2.58. The van der Waals surface area contributed by atoms with Crippen LogP contribution in [0.5, 0.6) is 0 Å². The highest BCUT2D eigenvalue weighted by Gasteiger charge is 2.39. The average molecular weight is 252 g/mol. The molecule has 18 heavy (non-hydrogen) atoms. The standard InChI is InChI=1S/C16H32N2/c1-12(2)17-9-13(3)10-18(4)11-16-8-14-5-6-15(16)7-14/h12-17H,5-11H2,1-4H3. The van der Waals surface area contributed by atoms with Gasteiger partial charge in [-0.25, -0.2) is 0 Å². The molecule has 0 spiro atoms. The van der Waals surface area contributed by atoms with Crippen molar-refractivity contribution < 1.29 is 0 Å². The van der Waals surface area contributed by atoms with E-state index in [-0.39, 0.29) is 0 Å². The van der Waals surface area contributed by atoms with Crippen molar-refractivity contribution in [2.45, 2.75) is 52.5 Å². The molecule has 0 radical (unpaired) electrons. The lowest BCUT2D eigenvalue weighted by Gasteiger charge is -2.29. The molecule has 0 aromatic heterocycles. The first-order valence-corrected chi connectivity index (χ1v) is 7.96. The van der Waals surface area contributed by atoms with E-state index in [0.29, 0.717) is 6.04 Å². The molecule has 0 amide bonds. The molecule has 4 atom stereocenters. The van der Waals surface area contributed by atoms with Crippen molar-refractivity contribution in [1.82, 2.24) is 10.2 Å². The van der Waals surface area contributed by atoms with E-state index in [1.807, 2.05) is 0 Å². The van der Waals surface area contributed by atoms with E-state index in [1.54, 1.807) is 6.42 Å². The maximum Gasteiger partial charge on any atom is 0.00162 e. The number of hydrogen-bond acceptors (Lipinski definition) is 2. The van der Waals surface area contributed by atoms with E-state index in [4.69, 9.17) is 0 Å². The molecule has 2 rings (SSSR count). The quantitative estimate of drug-likeness (QED) is 0.749. The minimum Gasteiger partial charge on any atom is -0.314 e. The van der Waals surface area contributed by atoms with Gasteiger partial charge >= 0.3 is 0 Å². The largest absolute Gasteiger partial charge is 0.314 e. The molecule has 4 unspecified atom stereocenters. The third kappa shape index (κ3) is 3.96. The Hall–Kier alpha value is -0.0800. The Balaban J connectivity index is 1.64. The molecule has 2 heteroatoms. The van der Waals surface area contributed by atoms with Crippen LogP contribution in [-0.2, 0) is 0 Å². The number of rotatable bonds is 7. The molecule has 0 saturated heterocycles. The second kappa shape index (κ2) is 6.38. The van der Waals surface area contributed by atoms with Gasteiger partial charge in [0.15, 0.2) is 0 Å². The van der Waals surface area contributed by atoms with Crippen molar-refractivity contribution >= 4 is 0 Å². The Kier molecular flexibility index (Phi) is 5.08.